The van der Waals surface area contributed by atoms with Crippen LogP contribution in [-0.2, 0) is 9.53 Å². The van der Waals surface area contributed by atoms with Gasteiger partial charge in [-0.05, 0) is 45.6 Å². The lowest BCUT2D eigenvalue weighted by atomic mass is 9.96. The molecule has 1 amide bonds. The standard InChI is InChI=1S/C19H38N2O2/c1-4-12-21-15-18(16-21)14-19(22)20-11-9-7-5-6-8-10-13-23-17(2)3/h17-18H,4-16H2,1-3H3,(H,20,22). The number of carbonyl (C=O) groups excluding carboxylic acids is 1. The van der Waals surface area contributed by atoms with E-state index in [9.17, 15) is 4.79 Å². The second-order valence-electron chi connectivity index (χ2n) is 7.22. The summed E-state index contributed by atoms with van der Waals surface area (Å²) in [5.74, 6) is 0.839. The van der Waals surface area contributed by atoms with Crippen molar-refractivity contribution < 1.29 is 9.53 Å². The van der Waals surface area contributed by atoms with Gasteiger partial charge < -0.3 is 15.0 Å². The highest BCUT2D eigenvalue weighted by Crippen LogP contribution is 2.18. The number of hydrogen-bond donors (Lipinski definition) is 1. The molecule has 0 radical (unpaired) electrons. The van der Waals surface area contributed by atoms with E-state index in [1.54, 1.807) is 0 Å². The van der Waals surface area contributed by atoms with Crippen LogP contribution in [0.4, 0.5) is 0 Å². The Balaban J connectivity index is 1.80. The normalized spacial score (nSPS) is 15.8. The van der Waals surface area contributed by atoms with Gasteiger partial charge in [0.25, 0.3) is 0 Å². The molecule has 0 spiro atoms. The zero-order valence-corrected chi connectivity index (χ0v) is 15.6. The van der Waals surface area contributed by atoms with Gasteiger partial charge in [0.05, 0.1) is 6.10 Å². The van der Waals surface area contributed by atoms with Crippen LogP contribution in [0.15, 0.2) is 0 Å². The smallest absolute Gasteiger partial charge is 0.220 e. The van der Waals surface area contributed by atoms with Gasteiger partial charge >= 0.3 is 0 Å². The fourth-order valence-electron chi connectivity index (χ4n) is 3.12. The molecule has 0 unspecified atom stereocenters. The summed E-state index contributed by atoms with van der Waals surface area (Å²) in [6, 6.07) is 0. The highest BCUT2D eigenvalue weighted by Gasteiger charge is 2.27. The first-order chi connectivity index (χ1) is 11.1. The zero-order chi connectivity index (χ0) is 16.9. The third kappa shape index (κ3) is 10.7. The number of hydrogen-bond acceptors (Lipinski definition) is 3. The van der Waals surface area contributed by atoms with Gasteiger partial charge in [0.15, 0.2) is 0 Å². The van der Waals surface area contributed by atoms with Crippen molar-refractivity contribution in [3.63, 3.8) is 0 Å². The minimum atomic E-state index is 0.247. The van der Waals surface area contributed by atoms with Gasteiger partial charge in [-0.1, -0.05) is 32.6 Å². The van der Waals surface area contributed by atoms with E-state index in [1.165, 1.54) is 45.1 Å². The Morgan fingerprint density at radius 2 is 1.78 bits per heavy atom. The molecule has 0 aromatic rings. The average Bonchev–Trinajstić information content (AvgIpc) is 2.46. The lowest BCUT2D eigenvalue weighted by molar-refractivity contribution is -0.123. The summed E-state index contributed by atoms with van der Waals surface area (Å²) in [5.41, 5.74) is 0. The average molecular weight is 327 g/mol. The van der Waals surface area contributed by atoms with Gasteiger partial charge in [0.2, 0.25) is 5.91 Å². The Hall–Kier alpha value is -0.610. The zero-order valence-electron chi connectivity index (χ0n) is 15.6. The SMILES string of the molecule is CCCN1CC(CC(=O)NCCCCCCCCOC(C)C)C1. The van der Waals surface area contributed by atoms with Gasteiger partial charge in [0, 0.05) is 32.7 Å². The summed E-state index contributed by atoms with van der Waals surface area (Å²) in [6.07, 6.45) is 9.60. The second kappa shape index (κ2) is 12.8. The van der Waals surface area contributed by atoms with Crippen molar-refractivity contribution in [1.82, 2.24) is 10.2 Å². The maximum absolute atomic E-state index is 11.8. The van der Waals surface area contributed by atoms with Crippen LogP contribution in [0.2, 0.25) is 0 Å². The summed E-state index contributed by atoms with van der Waals surface area (Å²) in [4.78, 5) is 14.3. The Morgan fingerprint density at radius 1 is 1.13 bits per heavy atom. The molecule has 1 rings (SSSR count). The lowest BCUT2D eigenvalue weighted by Gasteiger charge is -2.38. The fourth-order valence-corrected chi connectivity index (χ4v) is 3.12. The topological polar surface area (TPSA) is 41.6 Å². The molecule has 23 heavy (non-hydrogen) atoms. The number of carbonyl (C=O) groups is 1. The molecule has 1 saturated heterocycles. The number of rotatable bonds is 14. The number of unbranched alkanes of at least 4 members (excludes halogenated alkanes) is 5. The minimum absolute atomic E-state index is 0.247. The predicted octanol–water partition coefficient (Wildman–Crippen LogP) is 3.60. The van der Waals surface area contributed by atoms with Crippen LogP contribution in [0.5, 0.6) is 0 Å². The molecule has 1 N–H and O–H groups in total. The third-order valence-corrected chi connectivity index (χ3v) is 4.39. The first-order valence-corrected chi connectivity index (χ1v) is 9.72. The molecular weight excluding hydrogens is 288 g/mol. The number of likely N-dealkylation sites (tertiary alicyclic amines) is 1. The van der Waals surface area contributed by atoms with Gasteiger partial charge in [0.1, 0.15) is 0 Å². The summed E-state index contributed by atoms with van der Waals surface area (Å²) in [7, 11) is 0. The molecule has 136 valence electrons. The molecule has 0 atom stereocenters. The second-order valence-corrected chi connectivity index (χ2v) is 7.22. The number of ether oxygens (including phenoxy) is 1. The number of nitrogens with one attached hydrogen (secondary N) is 1. The Labute approximate surface area is 143 Å². The van der Waals surface area contributed by atoms with E-state index < -0.39 is 0 Å². The molecule has 0 aliphatic carbocycles. The molecule has 1 aliphatic rings. The van der Waals surface area contributed by atoms with Crippen LogP contribution in [0.25, 0.3) is 0 Å². The highest BCUT2D eigenvalue weighted by molar-refractivity contribution is 5.76. The van der Waals surface area contributed by atoms with Crippen molar-refractivity contribution in [3.8, 4) is 0 Å². The van der Waals surface area contributed by atoms with Gasteiger partial charge in [-0.15, -0.1) is 0 Å². The highest BCUT2D eigenvalue weighted by atomic mass is 16.5. The Kier molecular flexibility index (Phi) is 11.3. The first-order valence-electron chi connectivity index (χ1n) is 9.72. The lowest BCUT2D eigenvalue weighted by Crippen LogP contribution is -2.48. The monoisotopic (exact) mass is 326 g/mol. The largest absolute Gasteiger partial charge is 0.379 e. The molecule has 1 heterocycles. The van der Waals surface area contributed by atoms with E-state index >= 15 is 0 Å². The summed E-state index contributed by atoms with van der Waals surface area (Å²) in [6.45, 7) is 11.5. The number of amides is 1. The van der Waals surface area contributed by atoms with Crippen LogP contribution in [0.3, 0.4) is 0 Å². The maximum Gasteiger partial charge on any atom is 0.220 e. The van der Waals surface area contributed by atoms with Crippen molar-refractivity contribution in [2.75, 3.05) is 32.8 Å². The van der Waals surface area contributed by atoms with Crippen LogP contribution < -0.4 is 5.32 Å². The summed E-state index contributed by atoms with van der Waals surface area (Å²) < 4.78 is 5.53. The quantitative estimate of drug-likeness (QED) is 0.496. The van der Waals surface area contributed by atoms with Crippen LogP contribution in [0, 0.1) is 5.92 Å². The molecule has 0 bridgehead atoms. The summed E-state index contributed by atoms with van der Waals surface area (Å²) in [5, 5.41) is 3.07. The van der Waals surface area contributed by atoms with Crippen LogP contribution >= 0.6 is 0 Å². The first kappa shape index (κ1) is 20.4. The van der Waals surface area contributed by atoms with E-state index in [-0.39, 0.29) is 5.91 Å². The van der Waals surface area contributed by atoms with Crippen molar-refractivity contribution >= 4 is 5.91 Å². The van der Waals surface area contributed by atoms with Crippen LogP contribution in [-0.4, -0.2) is 49.7 Å². The van der Waals surface area contributed by atoms with E-state index in [2.05, 4.69) is 31.0 Å². The molecule has 4 nitrogen and oxygen atoms in total. The van der Waals surface area contributed by atoms with Crippen LogP contribution in [0.1, 0.15) is 72.1 Å². The predicted molar refractivity (Wildman–Crippen MR) is 96.6 cm³/mol. The Morgan fingerprint density at radius 3 is 2.43 bits per heavy atom. The van der Waals surface area contributed by atoms with E-state index in [1.807, 2.05) is 0 Å². The maximum atomic E-state index is 11.8. The Bertz CT molecular complexity index is 302. The van der Waals surface area contributed by atoms with Gasteiger partial charge in [-0.3, -0.25) is 4.79 Å². The van der Waals surface area contributed by atoms with E-state index in [4.69, 9.17) is 4.74 Å². The minimum Gasteiger partial charge on any atom is -0.379 e. The van der Waals surface area contributed by atoms with E-state index in [0.717, 1.165) is 39.1 Å². The fraction of sp³-hybridized carbons (Fsp3) is 0.947. The third-order valence-electron chi connectivity index (χ3n) is 4.39. The molecule has 0 aromatic heterocycles. The van der Waals surface area contributed by atoms with Gasteiger partial charge in [-0.2, -0.15) is 0 Å². The summed E-state index contributed by atoms with van der Waals surface area (Å²) >= 11 is 0. The number of nitrogens with zero attached hydrogens (tertiary/aromatic N) is 1. The van der Waals surface area contributed by atoms with Crippen molar-refractivity contribution in [1.29, 1.82) is 0 Å². The van der Waals surface area contributed by atoms with Gasteiger partial charge in [-0.25, -0.2) is 0 Å². The molecule has 4 heteroatoms. The molecular formula is C19H38N2O2. The molecule has 1 fully saturated rings. The molecule has 1 aliphatic heterocycles. The van der Waals surface area contributed by atoms with Crippen molar-refractivity contribution in [3.05, 3.63) is 0 Å². The van der Waals surface area contributed by atoms with Crippen molar-refractivity contribution in [2.45, 2.75) is 78.2 Å². The van der Waals surface area contributed by atoms with Crippen molar-refractivity contribution in [2.24, 2.45) is 5.92 Å². The van der Waals surface area contributed by atoms with E-state index in [0.29, 0.717) is 12.0 Å². The molecule has 0 aromatic carbocycles. The molecule has 0 saturated carbocycles.